The molecule has 4 aromatic rings. The normalized spacial score (nSPS) is 10.9. The monoisotopic (exact) mass is 414 g/mol. The van der Waals surface area contributed by atoms with Crippen molar-refractivity contribution in [3.63, 3.8) is 0 Å². The van der Waals surface area contributed by atoms with E-state index in [-0.39, 0.29) is 12.5 Å². The minimum absolute atomic E-state index is 0.00670. The van der Waals surface area contributed by atoms with Crippen LogP contribution in [-0.2, 0) is 24.2 Å². The SMILES string of the molecule is Cc1cccc(OCC(=O)NCCn2c(CCc3ccccc3)nc3cccnc32)c1. The second kappa shape index (κ2) is 9.89. The molecule has 31 heavy (non-hydrogen) atoms. The van der Waals surface area contributed by atoms with Crippen LogP contribution >= 0.6 is 0 Å². The maximum Gasteiger partial charge on any atom is 0.258 e. The third kappa shape index (κ3) is 5.48. The molecule has 6 nitrogen and oxygen atoms in total. The van der Waals surface area contributed by atoms with Crippen molar-refractivity contribution < 1.29 is 9.53 Å². The number of benzene rings is 2. The first-order chi connectivity index (χ1) is 15.2. The zero-order valence-corrected chi connectivity index (χ0v) is 17.6. The molecule has 6 heteroatoms. The second-order valence-electron chi connectivity index (χ2n) is 7.47. The van der Waals surface area contributed by atoms with Crippen molar-refractivity contribution >= 4 is 17.1 Å². The van der Waals surface area contributed by atoms with Crippen LogP contribution in [-0.4, -0.2) is 33.6 Å². The van der Waals surface area contributed by atoms with Crippen molar-refractivity contribution in [3.8, 4) is 5.75 Å². The Balaban J connectivity index is 1.36. The molecular formula is C25H26N4O2. The number of aryl methyl sites for hydroxylation is 3. The van der Waals surface area contributed by atoms with E-state index in [1.807, 2.05) is 61.5 Å². The van der Waals surface area contributed by atoms with Gasteiger partial charge in [0.05, 0.1) is 0 Å². The van der Waals surface area contributed by atoms with E-state index in [0.717, 1.165) is 35.4 Å². The number of amides is 1. The van der Waals surface area contributed by atoms with Gasteiger partial charge in [-0.2, -0.15) is 0 Å². The van der Waals surface area contributed by atoms with Crippen LogP contribution in [0.15, 0.2) is 72.9 Å². The Hall–Kier alpha value is -3.67. The van der Waals surface area contributed by atoms with Crippen molar-refractivity contribution in [3.05, 3.63) is 89.9 Å². The number of fused-ring (bicyclic) bond motifs is 1. The lowest BCUT2D eigenvalue weighted by Crippen LogP contribution is -2.32. The molecule has 1 N–H and O–H groups in total. The van der Waals surface area contributed by atoms with E-state index < -0.39 is 0 Å². The number of hydrogen-bond donors (Lipinski definition) is 1. The lowest BCUT2D eigenvalue weighted by molar-refractivity contribution is -0.123. The number of aromatic nitrogens is 3. The highest BCUT2D eigenvalue weighted by atomic mass is 16.5. The number of carbonyl (C=O) groups is 1. The summed E-state index contributed by atoms with van der Waals surface area (Å²) in [4.78, 5) is 21.5. The summed E-state index contributed by atoms with van der Waals surface area (Å²) in [5.74, 6) is 1.52. The number of hydrogen-bond acceptors (Lipinski definition) is 4. The van der Waals surface area contributed by atoms with E-state index in [0.29, 0.717) is 18.8 Å². The van der Waals surface area contributed by atoms with Crippen molar-refractivity contribution in [1.82, 2.24) is 19.9 Å². The largest absolute Gasteiger partial charge is 0.484 e. The standard InChI is InChI=1S/C25H26N4O2/c1-19-7-5-10-21(17-19)31-18-24(30)26-15-16-29-23(13-12-20-8-3-2-4-9-20)28-22-11-6-14-27-25(22)29/h2-11,14,17H,12-13,15-16,18H2,1H3,(H,26,30). The van der Waals surface area contributed by atoms with Crippen LogP contribution in [0.2, 0.25) is 0 Å². The van der Waals surface area contributed by atoms with Gasteiger partial charge in [0.2, 0.25) is 0 Å². The van der Waals surface area contributed by atoms with Crippen LogP contribution in [0.5, 0.6) is 5.75 Å². The third-order valence-electron chi connectivity index (χ3n) is 5.08. The van der Waals surface area contributed by atoms with Gasteiger partial charge in [-0.25, -0.2) is 9.97 Å². The molecule has 0 spiro atoms. The van der Waals surface area contributed by atoms with E-state index in [9.17, 15) is 4.79 Å². The van der Waals surface area contributed by atoms with E-state index in [1.54, 1.807) is 6.20 Å². The van der Waals surface area contributed by atoms with Gasteiger partial charge in [-0.05, 0) is 48.7 Å². The summed E-state index contributed by atoms with van der Waals surface area (Å²) in [6.45, 7) is 3.07. The topological polar surface area (TPSA) is 69.0 Å². The molecule has 0 aliphatic rings. The fraction of sp³-hybridized carbons (Fsp3) is 0.240. The Morgan fingerprint density at radius 1 is 1.03 bits per heavy atom. The first kappa shape index (κ1) is 20.6. The summed E-state index contributed by atoms with van der Waals surface area (Å²) in [5.41, 5.74) is 4.09. The quantitative estimate of drug-likeness (QED) is 0.453. The summed E-state index contributed by atoms with van der Waals surface area (Å²) in [7, 11) is 0. The van der Waals surface area contributed by atoms with Gasteiger partial charge in [0, 0.05) is 25.7 Å². The van der Waals surface area contributed by atoms with Gasteiger partial charge in [-0.15, -0.1) is 0 Å². The van der Waals surface area contributed by atoms with Crippen LogP contribution in [0.3, 0.4) is 0 Å². The van der Waals surface area contributed by atoms with Gasteiger partial charge in [0.1, 0.15) is 17.1 Å². The molecule has 1 amide bonds. The predicted octanol–water partition coefficient (Wildman–Crippen LogP) is 3.72. The molecule has 2 heterocycles. The smallest absolute Gasteiger partial charge is 0.258 e. The Morgan fingerprint density at radius 2 is 1.90 bits per heavy atom. The Morgan fingerprint density at radius 3 is 2.74 bits per heavy atom. The Bertz CT molecular complexity index is 1150. The number of carbonyl (C=O) groups excluding carboxylic acids is 1. The summed E-state index contributed by atoms with van der Waals surface area (Å²) < 4.78 is 7.67. The fourth-order valence-electron chi connectivity index (χ4n) is 3.54. The average molecular weight is 415 g/mol. The minimum atomic E-state index is -0.148. The predicted molar refractivity (Wildman–Crippen MR) is 121 cm³/mol. The van der Waals surface area contributed by atoms with Gasteiger partial charge in [-0.1, -0.05) is 42.5 Å². The number of rotatable bonds is 9. The molecule has 4 rings (SSSR count). The van der Waals surface area contributed by atoms with Crippen LogP contribution in [0, 0.1) is 6.92 Å². The molecule has 0 saturated heterocycles. The van der Waals surface area contributed by atoms with E-state index in [1.165, 1.54) is 5.56 Å². The molecule has 0 fully saturated rings. The minimum Gasteiger partial charge on any atom is -0.484 e. The van der Waals surface area contributed by atoms with Gasteiger partial charge >= 0.3 is 0 Å². The zero-order valence-electron chi connectivity index (χ0n) is 17.6. The highest BCUT2D eigenvalue weighted by molar-refractivity contribution is 5.77. The number of nitrogens with one attached hydrogen (secondary N) is 1. The van der Waals surface area contributed by atoms with E-state index in [4.69, 9.17) is 9.72 Å². The van der Waals surface area contributed by atoms with Crippen LogP contribution in [0.4, 0.5) is 0 Å². The van der Waals surface area contributed by atoms with E-state index in [2.05, 4.69) is 27.0 Å². The van der Waals surface area contributed by atoms with Crippen molar-refractivity contribution in [2.24, 2.45) is 0 Å². The first-order valence-corrected chi connectivity index (χ1v) is 10.5. The summed E-state index contributed by atoms with van der Waals surface area (Å²) >= 11 is 0. The Labute approximate surface area is 181 Å². The van der Waals surface area contributed by atoms with Crippen LogP contribution in [0.1, 0.15) is 17.0 Å². The molecule has 0 radical (unpaired) electrons. The number of nitrogens with zero attached hydrogens (tertiary/aromatic N) is 3. The van der Waals surface area contributed by atoms with E-state index >= 15 is 0 Å². The average Bonchev–Trinajstić information content (AvgIpc) is 3.15. The van der Waals surface area contributed by atoms with Crippen LogP contribution in [0.25, 0.3) is 11.2 Å². The molecule has 0 bridgehead atoms. The maximum absolute atomic E-state index is 12.2. The zero-order chi connectivity index (χ0) is 21.5. The summed E-state index contributed by atoms with van der Waals surface area (Å²) in [5, 5.41) is 2.93. The fourth-order valence-corrected chi connectivity index (χ4v) is 3.54. The van der Waals surface area contributed by atoms with Gasteiger partial charge in [-0.3, -0.25) is 4.79 Å². The number of pyridine rings is 1. The lowest BCUT2D eigenvalue weighted by atomic mass is 10.1. The molecule has 0 unspecified atom stereocenters. The number of ether oxygens (including phenoxy) is 1. The van der Waals surface area contributed by atoms with Crippen molar-refractivity contribution in [2.75, 3.05) is 13.2 Å². The highest BCUT2D eigenvalue weighted by Gasteiger charge is 2.12. The molecule has 0 atom stereocenters. The summed E-state index contributed by atoms with van der Waals surface area (Å²) in [6.07, 6.45) is 3.49. The van der Waals surface area contributed by atoms with Crippen molar-refractivity contribution in [2.45, 2.75) is 26.3 Å². The molecule has 2 aromatic heterocycles. The molecule has 0 aliphatic heterocycles. The maximum atomic E-state index is 12.2. The van der Waals surface area contributed by atoms with Gasteiger partial charge < -0.3 is 14.6 Å². The summed E-state index contributed by atoms with van der Waals surface area (Å²) in [6, 6.07) is 21.9. The highest BCUT2D eigenvalue weighted by Crippen LogP contribution is 2.16. The molecule has 0 aliphatic carbocycles. The second-order valence-corrected chi connectivity index (χ2v) is 7.47. The molecule has 0 saturated carbocycles. The van der Waals surface area contributed by atoms with Gasteiger partial charge in [0.15, 0.2) is 12.3 Å². The van der Waals surface area contributed by atoms with Crippen molar-refractivity contribution in [1.29, 1.82) is 0 Å². The lowest BCUT2D eigenvalue weighted by Gasteiger charge is -2.11. The third-order valence-corrected chi connectivity index (χ3v) is 5.08. The number of imidazole rings is 1. The molecule has 2 aromatic carbocycles. The van der Waals surface area contributed by atoms with Crippen LogP contribution < -0.4 is 10.1 Å². The first-order valence-electron chi connectivity index (χ1n) is 10.5. The molecular weight excluding hydrogens is 388 g/mol. The van der Waals surface area contributed by atoms with Gasteiger partial charge in [0.25, 0.3) is 5.91 Å². The Kier molecular flexibility index (Phi) is 6.57. The molecule has 158 valence electrons.